The third kappa shape index (κ3) is 3.61. The van der Waals surface area contributed by atoms with Gasteiger partial charge in [0.1, 0.15) is 11.6 Å². The number of benzene rings is 1. The van der Waals surface area contributed by atoms with E-state index in [0.717, 1.165) is 6.07 Å². The second kappa shape index (κ2) is 5.88. The number of halogens is 3. The van der Waals surface area contributed by atoms with E-state index in [1.807, 2.05) is 0 Å². The molecule has 0 aromatic heterocycles. The van der Waals surface area contributed by atoms with E-state index >= 15 is 0 Å². The van der Waals surface area contributed by atoms with Crippen molar-refractivity contribution in [1.29, 1.82) is 0 Å². The van der Waals surface area contributed by atoms with Gasteiger partial charge in [0.2, 0.25) is 5.91 Å². The molecule has 0 radical (unpaired) electrons. The molecule has 92 valence electrons. The highest BCUT2D eigenvalue weighted by Gasteiger charge is 2.15. The van der Waals surface area contributed by atoms with Crippen molar-refractivity contribution in [2.45, 2.75) is 12.5 Å². The lowest BCUT2D eigenvalue weighted by atomic mass is 10.2. The fourth-order valence-corrected chi connectivity index (χ4v) is 1.47. The number of carbonyl (C=O) groups is 1. The lowest BCUT2D eigenvalue weighted by Crippen LogP contribution is -2.35. The Labute approximate surface area is 106 Å². The van der Waals surface area contributed by atoms with Crippen molar-refractivity contribution in [2.24, 2.45) is 5.73 Å². The van der Waals surface area contributed by atoms with Crippen LogP contribution in [0.4, 0.5) is 14.5 Å². The first-order chi connectivity index (χ1) is 7.95. The van der Waals surface area contributed by atoms with Crippen molar-refractivity contribution in [2.75, 3.05) is 5.32 Å². The number of nitrogens with one attached hydrogen (secondary N) is 1. The Morgan fingerprint density at radius 1 is 1.53 bits per heavy atom. The monoisotopic (exact) mass is 304 g/mol. The average Bonchev–Trinajstić information content (AvgIpc) is 2.26. The van der Waals surface area contributed by atoms with E-state index in [2.05, 4.69) is 27.8 Å². The lowest BCUT2D eigenvalue weighted by Gasteiger charge is -2.11. The zero-order chi connectivity index (χ0) is 13.0. The zero-order valence-corrected chi connectivity index (χ0v) is 10.4. The molecule has 0 saturated heterocycles. The van der Waals surface area contributed by atoms with Gasteiger partial charge in [-0.2, -0.15) is 0 Å². The minimum Gasteiger partial charge on any atom is -0.322 e. The number of hydrogen-bond acceptors (Lipinski definition) is 2. The normalized spacial score (nSPS) is 12.0. The van der Waals surface area contributed by atoms with Crippen LogP contribution in [-0.2, 0) is 4.79 Å². The molecular weight excluding hydrogens is 294 g/mol. The summed E-state index contributed by atoms with van der Waals surface area (Å²) in [6.07, 6.45) is 1.76. The van der Waals surface area contributed by atoms with E-state index in [4.69, 9.17) is 5.73 Å². The molecule has 1 rings (SSSR count). The van der Waals surface area contributed by atoms with Gasteiger partial charge in [-0.15, -0.1) is 6.58 Å². The van der Waals surface area contributed by atoms with E-state index in [1.54, 1.807) is 0 Å². The summed E-state index contributed by atoms with van der Waals surface area (Å²) in [4.78, 5) is 11.5. The van der Waals surface area contributed by atoms with Crippen LogP contribution < -0.4 is 11.1 Å². The molecule has 0 aliphatic rings. The maximum atomic E-state index is 13.3. The van der Waals surface area contributed by atoms with E-state index in [9.17, 15) is 13.6 Å². The van der Waals surface area contributed by atoms with Crippen LogP contribution in [0.15, 0.2) is 29.3 Å². The Bertz CT molecular complexity index is 451. The van der Waals surface area contributed by atoms with Gasteiger partial charge >= 0.3 is 0 Å². The number of nitrogens with two attached hydrogens (primary N) is 1. The fraction of sp³-hybridized carbons (Fsp3) is 0.182. The third-order valence-electron chi connectivity index (χ3n) is 2.03. The zero-order valence-electron chi connectivity index (χ0n) is 8.84. The van der Waals surface area contributed by atoms with Crippen molar-refractivity contribution >= 4 is 27.5 Å². The Morgan fingerprint density at radius 2 is 2.18 bits per heavy atom. The number of amides is 1. The highest BCUT2D eigenvalue weighted by Crippen LogP contribution is 2.23. The largest absolute Gasteiger partial charge is 0.322 e. The number of rotatable bonds is 4. The molecule has 1 unspecified atom stereocenters. The van der Waals surface area contributed by atoms with Crippen LogP contribution in [0.3, 0.4) is 0 Å². The van der Waals surface area contributed by atoms with E-state index < -0.39 is 23.6 Å². The summed E-state index contributed by atoms with van der Waals surface area (Å²) in [5, 5.41) is 2.28. The lowest BCUT2D eigenvalue weighted by molar-refractivity contribution is -0.117. The average molecular weight is 305 g/mol. The van der Waals surface area contributed by atoms with Crippen molar-refractivity contribution < 1.29 is 13.6 Å². The molecule has 6 heteroatoms. The first kappa shape index (κ1) is 13.8. The van der Waals surface area contributed by atoms with Gasteiger partial charge in [0.15, 0.2) is 0 Å². The summed E-state index contributed by atoms with van der Waals surface area (Å²) < 4.78 is 26.3. The maximum absolute atomic E-state index is 13.3. The van der Waals surface area contributed by atoms with Crippen LogP contribution in [0.5, 0.6) is 0 Å². The van der Waals surface area contributed by atoms with Crippen LogP contribution >= 0.6 is 15.9 Å². The molecule has 0 heterocycles. The van der Waals surface area contributed by atoms with Crippen LogP contribution in [0, 0.1) is 11.6 Å². The molecular formula is C11H11BrF2N2O. The Hall–Kier alpha value is -1.27. The minimum absolute atomic E-state index is 0.0616. The molecule has 1 aromatic rings. The molecule has 0 fully saturated rings. The number of hydrogen-bond donors (Lipinski definition) is 2. The molecule has 1 aromatic carbocycles. The molecule has 0 bridgehead atoms. The first-order valence-electron chi connectivity index (χ1n) is 4.77. The van der Waals surface area contributed by atoms with Crippen molar-refractivity contribution in [3.05, 3.63) is 40.9 Å². The standard InChI is InChI=1S/C11H11BrF2N2O/c1-2-3-9(15)11(17)16-10-4-6(12)7(13)5-8(10)14/h2,4-5,9H,1,3,15H2,(H,16,17). The first-order valence-corrected chi connectivity index (χ1v) is 5.57. The summed E-state index contributed by atoms with van der Waals surface area (Å²) in [7, 11) is 0. The second-order valence-electron chi connectivity index (χ2n) is 3.37. The van der Waals surface area contributed by atoms with Gasteiger partial charge in [0.05, 0.1) is 16.2 Å². The van der Waals surface area contributed by atoms with Gasteiger partial charge in [-0.05, 0) is 28.4 Å². The summed E-state index contributed by atoms with van der Waals surface area (Å²) >= 11 is 2.90. The minimum atomic E-state index is -0.857. The fourth-order valence-electron chi connectivity index (χ4n) is 1.13. The Balaban J connectivity index is 2.85. The summed E-state index contributed by atoms with van der Waals surface area (Å²) in [5.41, 5.74) is 5.38. The predicted octanol–water partition coefficient (Wildman–Crippen LogP) is 2.57. The van der Waals surface area contributed by atoms with Crippen LogP contribution in [0.25, 0.3) is 0 Å². The highest BCUT2D eigenvalue weighted by atomic mass is 79.9. The molecule has 3 N–H and O–H groups in total. The summed E-state index contributed by atoms with van der Waals surface area (Å²) in [5.74, 6) is -2.15. The molecule has 0 saturated carbocycles. The topological polar surface area (TPSA) is 55.1 Å². The predicted molar refractivity (Wildman–Crippen MR) is 65.5 cm³/mol. The van der Waals surface area contributed by atoms with E-state index in [1.165, 1.54) is 6.08 Å². The Morgan fingerprint density at radius 3 is 2.76 bits per heavy atom. The smallest absolute Gasteiger partial charge is 0.241 e. The van der Waals surface area contributed by atoms with Gasteiger partial charge in [0.25, 0.3) is 0 Å². The van der Waals surface area contributed by atoms with Gasteiger partial charge in [-0.25, -0.2) is 8.78 Å². The van der Waals surface area contributed by atoms with Crippen molar-refractivity contribution in [3.63, 3.8) is 0 Å². The van der Waals surface area contributed by atoms with Gasteiger partial charge < -0.3 is 11.1 Å². The number of carbonyl (C=O) groups excluding carboxylic acids is 1. The van der Waals surface area contributed by atoms with Crippen LogP contribution in [-0.4, -0.2) is 11.9 Å². The summed E-state index contributed by atoms with van der Waals surface area (Å²) in [6.45, 7) is 3.44. The highest BCUT2D eigenvalue weighted by molar-refractivity contribution is 9.10. The molecule has 0 aliphatic heterocycles. The van der Waals surface area contributed by atoms with E-state index in [-0.39, 0.29) is 16.6 Å². The summed E-state index contributed by atoms with van der Waals surface area (Å²) in [6, 6.07) is 1.01. The SMILES string of the molecule is C=CCC(N)C(=O)Nc1cc(Br)c(F)cc1F. The molecule has 1 amide bonds. The number of anilines is 1. The van der Waals surface area contributed by atoms with Crippen LogP contribution in [0.2, 0.25) is 0 Å². The van der Waals surface area contributed by atoms with Gasteiger partial charge in [-0.3, -0.25) is 4.79 Å². The second-order valence-corrected chi connectivity index (χ2v) is 4.22. The molecule has 3 nitrogen and oxygen atoms in total. The van der Waals surface area contributed by atoms with Crippen molar-refractivity contribution in [1.82, 2.24) is 0 Å². The molecule has 0 spiro atoms. The van der Waals surface area contributed by atoms with Gasteiger partial charge in [0, 0.05) is 6.07 Å². The molecule has 1 atom stereocenters. The van der Waals surface area contributed by atoms with Gasteiger partial charge in [-0.1, -0.05) is 6.08 Å². The van der Waals surface area contributed by atoms with Crippen molar-refractivity contribution in [3.8, 4) is 0 Å². The molecule has 0 aliphatic carbocycles. The quantitative estimate of drug-likeness (QED) is 0.663. The molecule has 17 heavy (non-hydrogen) atoms. The van der Waals surface area contributed by atoms with E-state index in [0.29, 0.717) is 6.07 Å². The van der Waals surface area contributed by atoms with Crippen LogP contribution in [0.1, 0.15) is 6.42 Å². The maximum Gasteiger partial charge on any atom is 0.241 e. The Kier molecular flexibility index (Phi) is 4.77. The third-order valence-corrected chi connectivity index (χ3v) is 2.63.